The summed E-state index contributed by atoms with van der Waals surface area (Å²) in [6.45, 7) is 3.22. The van der Waals surface area contributed by atoms with Crippen LogP contribution < -0.4 is 9.80 Å². The van der Waals surface area contributed by atoms with Gasteiger partial charge in [-0.15, -0.1) is 0 Å². The fraction of sp³-hybridized carbons (Fsp3) is 0.231. The quantitative estimate of drug-likeness (QED) is 0.637. The number of carboxylic acids is 1. The second-order valence-electron chi connectivity index (χ2n) is 8.39. The molecular formula is C26H25N3O3. The average molecular weight is 428 g/mol. The molecule has 2 aliphatic rings. The average Bonchev–Trinajstić information content (AvgIpc) is 3.18. The second kappa shape index (κ2) is 8.48. The number of hydrogen-bond acceptors (Lipinski definition) is 3. The van der Waals surface area contributed by atoms with Crippen molar-refractivity contribution in [2.75, 3.05) is 36.0 Å². The molecule has 162 valence electrons. The number of likely N-dealkylation sites (tertiary alicyclic amines) is 1. The minimum atomic E-state index is -0.719. The summed E-state index contributed by atoms with van der Waals surface area (Å²) < 4.78 is 0. The number of nitrogens with zero attached hydrogens (tertiary/aromatic N) is 3. The van der Waals surface area contributed by atoms with Gasteiger partial charge in [0.05, 0.1) is 5.92 Å². The zero-order valence-electron chi connectivity index (χ0n) is 17.7. The van der Waals surface area contributed by atoms with Gasteiger partial charge in [-0.3, -0.25) is 19.5 Å². The number of carbonyl (C=O) groups excluding carboxylic acids is 1. The molecule has 2 fully saturated rings. The van der Waals surface area contributed by atoms with E-state index in [1.807, 2.05) is 59.5 Å². The van der Waals surface area contributed by atoms with Crippen molar-refractivity contribution in [1.82, 2.24) is 4.90 Å². The number of rotatable bonds is 6. The number of benzene rings is 3. The van der Waals surface area contributed by atoms with E-state index in [-0.39, 0.29) is 11.9 Å². The maximum Gasteiger partial charge on any atom is 0.329 e. The highest BCUT2D eigenvalue weighted by Gasteiger charge is 2.33. The first kappa shape index (κ1) is 20.3. The molecule has 2 aliphatic heterocycles. The van der Waals surface area contributed by atoms with Gasteiger partial charge in [-0.2, -0.15) is 0 Å². The third-order valence-electron chi connectivity index (χ3n) is 6.26. The zero-order chi connectivity index (χ0) is 22.1. The van der Waals surface area contributed by atoms with Gasteiger partial charge in [-0.05, 0) is 41.0 Å². The van der Waals surface area contributed by atoms with E-state index in [0.29, 0.717) is 26.2 Å². The molecule has 0 radical (unpaired) electrons. The van der Waals surface area contributed by atoms with Crippen LogP contribution in [-0.2, 0) is 11.3 Å². The van der Waals surface area contributed by atoms with E-state index in [1.54, 1.807) is 4.90 Å². The van der Waals surface area contributed by atoms with E-state index < -0.39 is 5.97 Å². The lowest BCUT2D eigenvalue weighted by atomic mass is 9.99. The van der Waals surface area contributed by atoms with Crippen LogP contribution in [0.4, 0.5) is 16.2 Å². The minimum absolute atomic E-state index is 0.0164. The van der Waals surface area contributed by atoms with Crippen molar-refractivity contribution >= 4 is 23.4 Å². The number of hydrogen-bond donors (Lipinski definition) is 1. The minimum Gasteiger partial charge on any atom is -0.481 e. The highest BCUT2D eigenvalue weighted by Crippen LogP contribution is 2.28. The van der Waals surface area contributed by atoms with E-state index in [2.05, 4.69) is 29.2 Å². The van der Waals surface area contributed by atoms with Crippen molar-refractivity contribution in [2.45, 2.75) is 6.54 Å². The van der Waals surface area contributed by atoms with Crippen LogP contribution >= 0.6 is 0 Å². The largest absolute Gasteiger partial charge is 0.481 e. The summed E-state index contributed by atoms with van der Waals surface area (Å²) in [5, 5.41) is 9.00. The Morgan fingerprint density at radius 2 is 1.31 bits per heavy atom. The molecule has 1 N–H and O–H groups in total. The van der Waals surface area contributed by atoms with E-state index >= 15 is 0 Å². The summed E-state index contributed by atoms with van der Waals surface area (Å²) in [5.41, 5.74) is 5.20. The predicted octanol–water partition coefficient (Wildman–Crippen LogP) is 4.32. The van der Waals surface area contributed by atoms with Crippen molar-refractivity contribution in [3.8, 4) is 11.1 Å². The van der Waals surface area contributed by atoms with Crippen molar-refractivity contribution in [3.63, 3.8) is 0 Å². The molecule has 0 unspecified atom stereocenters. The summed E-state index contributed by atoms with van der Waals surface area (Å²) in [7, 11) is 0. The molecule has 5 rings (SSSR count). The second-order valence-corrected chi connectivity index (χ2v) is 8.39. The van der Waals surface area contributed by atoms with Gasteiger partial charge < -0.3 is 5.11 Å². The Labute approximate surface area is 187 Å². The van der Waals surface area contributed by atoms with Crippen LogP contribution in [0.5, 0.6) is 0 Å². The molecule has 0 bridgehead atoms. The lowest BCUT2D eigenvalue weighted by Crippen LogP contribution is -2.49. The van der Waals surface area contributed by atoms with E-state index in [9.17, 15) is 9.59 Å². The Morgan fingerprint density at radius 3 is 1.88 bits per heavy atom. The molecular weight excluding hydrogens is 402 g/mol. The molecule has 0 atom stereocenters. The zero-order valence-corrected chi connectivity index (χ0v) is 17.7. The molecule has 3 aromatic carbocycles. The van der Waals surface area contributed by atoms with Gasteiger partial charge in [0.15, 0.2) is 0 Å². The monoisotopic (exact) mass is 427 g/mol. The SMILES string of the molecule is O=C(O)C1CN(Cc2ccc(N3CCN(c4ccc(-c5ccccc5)cc4)C3=O)cc2)C1. The van der Waals surface area contributed by atoms with Gasteiger partial charge in [-0.25, -0.2) is 4.79 Å². The number of urea groups is 1. The first-order valence-electron chi connectivity index (χ1n) is 10.9. The molecule has 0 saturated carbocycles. The molecule has 2 saturated heterocycles. The first-order chi connectivity index (χ1) is 15.6. The van der Waals surface area contributed by atoms with E-state index in [0.717, 1.165) is 34.6 Å². The summed E-state index contributed by atoms with van der Waals surface area (Å²) >= 11 is 0. The van der Waals surface area contributed by atoms with E-state index in [4.69, 9.17) is 5.11 Å². The van der Waals surface area contributed by atoms with Crippen LogP contribution in [0.2, 0.25) is 0 Å². The molecule has 2 amide bonds. The fourth-order valence-electron chi connectivity index (χ4n) is 4.38. The lowest BCUT2D eigenvalue weighted by molar-refractivity contribution is -0.147. The normalized spacial score (nSPS) is 16.9. The Bertz CT molecular complexity index is 1110. The third-order valence-corrected chi connectivity index (χ3v) is 6.26. The molecule has 6 heteroatoms. The van der Waals surface area contributed by atoms with Gasteiger partial charge in [0.1, 0.15) is 0 Å². The summed E-state index contributed by atoms with van der Waals surface area (Å²) in [5.74, 6) is -0.965. The van der Waals surface area contributed by atoms with Gasteiger partial charge in [-0.1, -0.05) is 54.6 Å². The van der Waals surface area contributed by atoms with E-state index in [1.165, 1.54) is 0 Å². The van der Waals surface area contributed by atoms with Crippen LogP contribution in [0.25, 0.3) is 11.1 Å². The smallest absolute Gasteiger partial charge is 0.329 e. The number of carboxylic acid groups (broad SMARTS) is 1. The van der Waals surface area contributed by atoms with Crippen LogP contribution in [0.1, 0.15) is 5.56 Å². The Balaban J connectivity index is 1.22. The fourth-order valence-corrected chi connectivity index (χ4v) is 4.38. The molecule has 0 aliphatic carbocycles. The van der Waals surface area contributed by atoms with Crippen LogP contribution in [-0.4, -0.2) is 48.2 Å². The van der Waals surface area contributed by atoms with Crippen molar-refractivity contribution in [3.05, 3.63) is 84.4 Å². The Kier molecular flexibility index (Phi) is 5.37. The maximum atomic E-state index is 13.1. The number of amides is 2. The van der Waals surface area contributed by atoms with Crippen molar-refractivity contribution in [2.24, 2.45) is 5.92 Å². The third kappa shape index (κ3) is 3.97. The van der Waals surface area contributed by atoms with Gasteiger partial charge in [0.25, 0.3) is 0 Å². The van der Waals surface area contributed by atoms with Crippen molar-refractivity contribution < 1.29 is 14.7 Å². The standard InChI is InChI=1S/C26H25N3O3/c30-25(31)22-17-27(18-22)16-19-6-10-23(11-7-19)28-14-15-29(26(28)32)24-12-8-21(9-13-24)20-4-2-1-3-5-20/h1-13,22H,14-18H2,(H,30,31). The number of aliphatic carboxylic acids is 1. The lowest BCUT2D eigenvalue weighted by Gasteiger charge is -2.36. The Morgan fingerprint density at radius 1 is 0.781 bits per heavy atom. The van der Waals surface area contributed by atoms with Crippen molar-refractivity contribution in [1.29, 1.82) is 0 Å². The van der Waals surface area contributed by atoms with Gasteiger partial charge >= 0.3 is 12.0 Å². The first-order valence-corrected chi connectivity index (χ1v) is 10.9. The molecule has 0 spiro atoms. The van der Waals surface area contributed by atoms with Gasteiger partial charge in [0, 0.05) is 44.1 Å². The summed E-state index contributed by atoms with van der Waals surface area (Å²) in [6.07, 6.45) is 0. The van der Waals surface area contributed by atoms with Gasteiger partial charge in [0.2, 0.25) is 0 Å². The van der Waals surface area contributed by atoms with Crippen LogP contribution in [0.3, 0.4) is 0 Å². The maximum absolute atomic E-state index is 13.1. The van der Waals surface area contributed by atoms with Crippen LogP contribution in [0.15, 0.2) is 78.9 Å². The molecule has 3 aromatic rings. The topological polar surface area (TPSA) is 64.1 Å². The number of anilines is 2. The highest BCUT2D eigenvalue weighted by atomic mass is 16.4. The summed E-state index contributed by atoms with van der Waals surface area (Å²) in [4.78, 5) is 29.8. The predicted molar refractivity (Wildman–Crippen MR) is 125 cm³/mol. The molecule has 6 nitrogen and oxygen atoms in total. The van der Waals surface area contributed by atoms with Crippen LogP contribution in [0, 0.1) is 5.92 Å². The molecule has 0 aromatic heterocycles. The summed E-state index contributed by atoms with van der Waals surface area (Å²) in [6, 6.07) is 26.3. The molecule has 32 heavy (non-hydrogen) atoms. The Hall–Kier alpha value is -3.64. The molecule has 2 heterocycles. The number of carbonyl (C=O) groups is 2. The highest BCUT2D eigenvalue weighted by molar-refractivity contribution is 6.06.